The summed E-state index contributed by atoms with van der Waals surface area (Å²) in [5, 5.41) is 17.4. The highest BCUT2D eigenvalue weighted by atomic mass is 19.1. The number of nitrogens with zero attached hydrogens (tertiary/aromatic N) is 5. The number of nitrogens with one attached hydrogen (secondary N) is 2. The molecule has 0 fully saturated rings. The lowest BCUT2D eigenvalue weighted by Gasteiger charge is -2.13. The maximum atomic E-state index is 13.4. The van der Waals surface area contributed by atoms with Crippen molar-refractivity contribution in [3.63, 3.8) is 0 Å². The fourth-order valence-corrected chi connectivity index (χ4v) is 2.75. The van der Waals surface area contributed by atoms with Crippen molar-refractivity contribution in [3.8, 4) is 11.3 Å². The first-order valence-electron chi connectivity index (χ1n) is 9.31. The molecule has 2 aromatic heterocycles. The first-order valence-corrected chi connectivity index (χ1v) is 9.31. The topological polar surface area (TPSA) is 109 Å². The average Bonchev–Trinajstić information content (AvgIpc) is 2.73. The molecule has 0 aliphatic rings. The van der Waals surface area contributed by atoms with Gasteiger partial charge in [-0.3, -0.25) is 15.1 Å². The molecule has 9 nitrogen and oxygen atoms in total. The number of pyridine rings is 1. The smallest absolute Gasteiger partial charge is 0.295 e. The molecule has 156 valence electrons. The Balaban J connectivity index is 1.91. The van der Waals surface area contributed by atoms with E-state index in [0.29, 0.717) is 24.0 Å². The quantitative estimate of drug-likeness (QED) is 0.312. The summed E-state index contributed by atoms with van der Waals surface area (Å²) in [4.78, 5) is 25.8. The lowest BCUT2D eigenvalue weighted by Crippen LogP contribution is -2.17. The van der Waals surface area contributed by atoms with E-state index in [0.717, 1.165) is 30.7 Å². The van der Waals surface area contributed by atoms with Gasteiger partial charge in [-0.2, -0.15) is 4.98 Å². The van der Waals surface area contributed by atoms with Gasteiger partial charge in [0.15, 0.2) is 0 Å². The lowest BCUT2D eigenvalue weighted by atomic mass is 10.2. The third kappa shape index (κ3) is 5.67. The van der Waals surface area contributed by atoms with Crippen LogP contribution in [-0.2, 0) is 0 Å². The van der Waals surface area contributed by atoms with Crippen LogP contribution in [0.15, 0.2) is 48.8 Å². The van der Waals surface area contributed by atoms with E-state index in [1.54, 1.807) is 24.5 Å². The third-order valence-electron chi connectivity index (χ3n) is 4.17. The van der Waals surface area contributed by atoms with E-state index in [2.05, 4.69) is 30.5 Å². The fraction of sp³-hybridized carbons (Fsp3) is 0.250. The van der Waals surface area contributed by atoms with Crippen molar-refractivity contribution >= 4 is 23.1 Å². The summed E-state index contributed by atoms with van der Waals surface area (Å²) in [5.41, 5.74) is 1.13. The monoisotopic (exact) mass is 411 g/mol. The van der Waals surface area contributed by atoms with Gasteiger partial charge in [-0.05, 0) is 51.3 Å². The van der Waals surface area contributed by atoms with Crippen molar-refractivity contribution in [1.29, 1.82) is 0 Å². The molecule has 3 rings (SSSR count). The summed E-state index contributed by atoms with van der Waals surface area (Å²) in [6.45, 7) is 1.56. The molecular weight excluding hydrogens is 389 g/mol. The van der Waals surface area contributed by atoms with Crippen LogP contribution < -0.4 is 10.6 Å². The third-order valence-corrected chi connectivity index (χ3v) is 4.17. The fourth-order valence-electron chi connectivity index (χ4n) is 2.75. The standard InChI is InChI=1S/C20H22FN7O2/c1-27(2)10-4-9-23-20-25-17(14-5-3-8-22-13-14)12-19(26-20)24-16-7-6-15(21)11-18(16)28(29)30/h3,5-8,11-13H,4,9-10H2,1-2H3,(H2,23,24,25,26). The number of rotatable bonds is 9. The molecule has 0 saturated heterocycles. The summed E-state index contributed by atoms with van der Waals surface area (Å²) in [5.74, 6) is 0.0327. The molecule has 0 saturated carbocycles. The van der Waals surface area contributed by atoms with Crippen molar-refractivity contribution in [1.82, 2.24) is 19.9 Å². The Bertz CT molecular complexity index is 1020. The van der Waals surface area contributed by atoms with Gasteiger partial charge in [-0.25, -0.2) is 9.37 Å². The van der Waals surface area contributed by atoms with Crippen molar-refractivity contribution in [2.45, 2.75) is 6.42 Å². The van der Waals surface area contributed by atoms with Gasteiger partial charge in [0, 0.05) is 30.6 Å². The number of benzene rings is 1. The van der Waals surface area contributed by atoms with Crippen LogP contribution >= 0.6 is 0 Å². The molecular formula is C20H22FN7O2. The Morgan fingerprint density at radius 2 is 2.03 bits per heavy atom. The van der Waals surface area contributed by atoms with Gasteiger partial charge in [0.25, 0.3) is 5.69 Å². The Labute approximate surface area is 173 Å². The predicted octanol–water partition coefficient (Wildman–Crippen LogP) is 3.69. The van der Waals surface area contributed by atoms with Crippen molar-refractivity contribution < 1.29 is 9.31 Å². The maximum absolute atomic E-state index is 13.4. The van der Waals surface area contributed by atoms with Crippen molar-refractivity contribution in [2.24, 2.45) is 0 Å². The van der Waals surface area contributed by atoms with Gasteiger partial charge >= 0.3 is 0 Å². The Morgan fingerprint density at radius 3 is 2.73 bits per heavy atom. The number of nitro groups is 1. The second-order valence-corrected chi connectivity index (χ2v) is 6.83. The van der Waals surface area contributed by atoms with Crippen molar-refractivity contribution in [2.75, 3.05) is 37.8 Å². The van der Waals surface area contributed by atoms with Gasteiger partial charge in [0.05, 0.1) is 16.7 Å². The van der Waals surface area contributed by atoms with Gasteiger partial charge in [-0.15, -0.1) is 0 Å². The van der Waals surface area contributed by atoms with E-state index >= 15 is 0 Å². The minimum Gasteiger partial charge on any atom is -0.354 e. The van der Waals surface area contributed by atoms with E-state index < -0.39 is 10.7 Å². The zero-order valence-corrected chi connectivity index (χ0v) is 16.7. The SMILES string of the molecule is CN(C)CCCNc1nc(Nc2ccc(F)cc2[N+](=O)[O-])cc(-c2cccnc2)n1. The average molecular weight is 411 g/mol. The van der Waals surface area contributed by atoms with Crippen LogP contribution in [0, 0.1) is 15.9 Å². The molecule has 0 spiro atoms. The number of halogens is 1. The summed E-state index contributed by atoms with van der Waals surface area (Å²) in [7, 11) is 3.99. The van der Waals surface area contributed by atoms with Gasteiger partial charge in [0.2, 0.25) is 5.95 Å². The zero-order chi connectivity index (χ0) is 21.5. The van der Waals surface area contributed by atoms with E-state index in [1.165, 1.54) is 6.07 Å². The first-order chi connectivity index (χ1) is 14.4. The molecule has 1 aromatic carbocycles. The van der Waals surface area contributed by atoms with Crippen LogP contribution in [0.1, 0.15) is 6.42 Å². The van der Waals surface area contributed by atoms with Crippen LogP contribution in [0.3, 0.4) is 0 Å². The van der Waals surface area contributed by atoms with Gasteiger partial charge in [-0.1, -0.05) is 0 Å². The van der Waals surface area contributed by atoms with Crippen LogP contribution in [0.2, 0.25) is 0 Å². The number of hydrogen-bond acceptors (Lipinski definition) is 8. The van der Waals surface area contributed by atoms with E-state index in [1.807, 2.05) is 20.2 Å². The molecule has 0 bridgehead atoms. The normalized spacial score (nSPS) is 10.8. The summed E-state index contributed by atoms with van der Waals surface area (Å²) in [6.07, 6.45) is 4.22. The molecule has 0 unspecified atom stereocenters. The van der Waals surface area contributed by atoms with Gasteiger partial charge in [0.1, 0.15) is 17.3 Å². The Kier molecular flexibility index (Phi) is 6.81. The van der Waals surface area contributed by atoms with Gasteiger partial charge < -0.3 is 15.5 Å². The molecule has 2 heterocycles. The second-order valence-electron chi connectivity index (χ2n) is 6.83. The molecule has 10 heteroatoms. The first kappa shape index (κ1) is 21.1. The zero-order valence-electron chi connectivity index (χ0n) is 16.7. The largest absolute Gasteiger partial charge is 0.354 e. The molecule has 0 amide bonds. The molecule has 30 heavy (non-hydrogen) atoms. The number of aromatic nitrogens is 3. The van der Waals surface area contributed by atoms with Crippen LogP contribution in [0.4, 0.5) is 27.5 Å². The van der Waals surface area contributed by atoms with E-state index in [4.69, 9.17) is 0 Å². The summed E-state index contributed by atoms with van der Waals surface area (Å²) in [6, 6.07) is 8.64. The molecule has 3 aromatic rings. The van der Waals surface area contributed by atoms with Crippen LogP contribution in [0.25, 0.3) is 11.3 Å². The molecule has 0 radical (unpaired) electrons. The van der Waals surface area contributed by atoms with Crippen molar-refractivity contribution in [3.05, 3.63) is 64.7 Å². The Morgan fingerprint density at radius 1 is 1.20 bits per heavy atom. The molecule has 0 aliphatic heterocycles. The van der Waals surface area contributed by atoms with E-state index in [9.17, 15) is 14.5 Å². The minimum atomic E-state index is -0.686. The Hall–Kier alpha value is -3.66. The molecule has 0 aliphatic carbocycles. The second kappa shape index (κ2) is 9.70. The lowest BCUT2D eigenvalue weighted by molar-refractivity contribution is -0.384. The van der Waals surface area contributed by atoms with E-state index in [-0.39, 0.29) is 11.4 Å². The number of anilines is 3. The predicted molar refractivity (Wildman–Crippen MR) is 113 cm³/mol. The van der Waals surface area contributed by atoms with Crippen LogP contribution in [0.5, 0.6) is 0 Å². The summed E-state index contributed by atoms with van der Waals surface area (Å²) >= 11 is 0. The minimum absolute atomic E-state index is 0.135. The number of hydrogen-bond donors (Lipinski definition) is 2. The highest BCUT2D eigenvalue weighted by Crippen LogP contribution is 2.29. The summed E-state index contributed by atoms with van der Waals surface area (Å²) < 4.78 is 13.4. The molecule has 0 atom stereocenters. The number of nitro benzene ring substituents is 1. The molecule has 2 N–H and O–H groups in total. The highest BCUT2D eigenvalue weighted by Gasteiger charge is 2.16. The van der Waals surface area contributed by atoms with Crippen LogP contribution in [-0.4, -0.2) is 52.0 Å². The highest BCUT2D eigenvalue weighted by molar-refractivity contribution is 5.71. The maximum Gasteiger partial charge on any atom is 0.295 e.